The number of nitrogens with zero attached hydrogens (tertiary/aromatic N) is 1. The average molecular weight is 349 g/mol. The van der Waals surface area contributed by atoms with Crippen molar-refractivity contribution < 1.29 is 9.47 Å². The third kappa shape index (κ3) is 4.09. The maximum Gasteiger partial charge on any atom is 0.123 e. The molecule has 0 bridgehead atoms. The largest absolute Gasteiger partial charge is 0.496 e. The molecule has 0 aromatic heterocycles. The van der Waals surface area contributed by atoms with E-state index in [0.29, 0.717) is 0 Å². The molecule has 2 rings (SSSR count). The highest BCUT2D eigenvalue weighted by molar-refractivity contribution is 9.09. The highest BCUT2D eigenvalue weighted by Gasteiger charge is 2.25. The van der Waals surface area contributed by atoms with E-state index in [1.54, 1.807) is 7.11 Å². The van der Waals surface area contributed by atoms with Gasteiger partial charge < -0.3 is 9.47 Å². The number of halogens is 2. The van der Waals surface area contributed by atoms with Gasteiger partial charge in [0, 0.05) is 35.6 Å². The Morgan fingerprint density at radius 2 is 2.26 bits per heavy atom. The van der Waals surface area contributed by atoms with Gasteiger partial charge in [-0.05, 0) is 25.1 Å². The van der Waals surface area contributed by atoms with Crippen LogP contribution in [0.15, 0.2) is 18.2 Å². The molecule has 0 saturated carbocycles. The summed E-state index contributed by atoms with van der Waals surface area (Å²) in [5.74, 6) is 0.888. The predicted molar refractivity (Wildman–Crippen MR) is 81.4 cm³/mol. The van der Waals surface area contributed by atoms with Gasteiger partial charge in [0.05, 0.1) is 19.3 Å². The van der Waals surface area contributed by atoms with Crippen LogP contribution in [0.25, 0.3) is 0 Å². The number of hydrogen-bond acceptors (Lipinski definition) is 3. The molecule has 0 amide bonds. The van der Waals surface area contributed by atoms with Crippen molar-refractivity contribution in [2.75, 3.05) is 25.5 Å². The maximum absolute atomic E-state index is 6.07. The van der Waals surface area contributed by atoms with Crippen LogP contribution in [0, 0.1) is 0 Å². The highest BCUT2D eigenvalue weighted by Crippen LogP contribution is 2.25. The Balaban J connectivity index is 2.09. The van der Waals surface area contributed by atoms with Crippen molar-refractivity contribution in [3.63, 3.8) is 0 Å². The summed E-state index contributed by atoms with van der Waals surface area (Å²) in [5, 5.41) is 1.61. The molecule has 0 spiro atoms. The van der Waals surface area contributed by atoms with Gasteiger partial charge in [0.2, 0.25) is 0 Å². The van der Waals surface area contributed by atoms with Gasteiger partial charge in [-0.2, -0.15) is 0 Å². The van der Waals surface area contributed by atoms with Crippen LogP contribution in [0.1, 0.15) is 12.5 Å². The zero-order valence-corrected chi connectivity index (χ0v) is 13.6. The summed E-state index contributed by atoms with van der Waals surface area (Å²) in [4.78, 5) is 2.38. The van der Waals surface area contributed by atoms with Crippen molar-refractivity contribution in [3.8, 4) is 5.75 Å². The van der Waals surface area contributed by atoms with Gasteiger partial charge in [0.15, 0.2) is 0 Å². The molecule has 0 aliphatic carbocycles. The van der Waals surface area contributed by atoms with E-state index in [-0.39, 0.29) is 12.2 Å². The van der Waals surface area contributed by atoms with E-state index in [4.69, 9.17) is 21.1 Å². The molecule has 2 atom stereocenters. The SMILES string of the molecule is COc1ccc(Cl)cc1CN1CC(C)OC(CBr)C1. The first-order valence-corrected chi connectivity index (χ1v) is 7.88. The first-order valence-electron chi connectivity index (χ1n) is 6.38. The lowest BCUT2D eigenvalue weighted by Gasteiger charge is -2.36. The molecule has 1 saturated heterocycles. The summed E-state index contributed by atoms with van der Waals surface area (Å²) in [6.45, 7) is 4.79. The lowest BCUT2D eigenvalue weighted by molar-refractivity contribution is -0.0679. The number of methoxy groups -OCH3 is 1. The molecule has 3 nitrogen and oxygen atoms in total. The highest BCUT2D eigenvalue weighted by atomic mass is 79.9. The summed E-state index contributed by atoms with van der Waals surface area (Å²) in [6, 6.07) is 5.75. The summed E-state index contributed by atoms with van der Waals surface area (Å²) >= 11 is 9.56. The van der Waals surface area contributed by atoms with E-state index in [1.165, 1.54) is 0 Å². The second-order valence-corrected chi connectivity index (χ2v) is 5.96. The molecule has 1 aromatic rings. The van der Waals surface area contributed by atoms with Crippen molar-refractivity contribution in [2.24, 2.45) is 0 Å². The lowest BCUT2D eigenvalue weighted by atomic mass is 10.1. The molecular formula is C14H19BrClNO2. The topological polar surface area (TPSA) is 21.7 Å². The molecule has 1 heterocycles. The lowest BCUT2D eigenvalue weighted by Crippen LogP contribution is -2.46. The van der Waals surface area contributed by atoms with Gasteiger partial charge in [-0.25, -0.2) is 0 Å². The molecule has 0 radical (unpaired) electrons. The van der Waals surface area contributed by atoms with Gasteiger partial charge in [0.25, 0.3) is 0 Å². The molecule has 106 valence electrons. The Kier molecular flexibility index (Phi) is 5.51. The maximum atomic E-state index is 6.07. The Bertz CT molecular complexity index is 430. The number of alkyl halides is 1. The van der Waals surface area contributed by atoms with Gasteiger partial charge in [-0.3, -0.25) is 4.90 Å². The first-order chi connectivity index (χ1) is 9.12. The molecule has 1 aromatic carbocycles. The Morgan fingerprint density at radius 1 is 1.47 bits per heavy atom. The van der Waals surface area contributed by atoms with Gasteiger partial charge in [-0.15, -0.1) is 0 Å². The summed E-state index contributed by atoms with van der Waals surface area (Å²) in [5.41, 5.74) is 1.12. The smallest absolute Gasteiger partial charge is 0.123 e. The van der Waals surface area contributed by atoms with E-state index in [9.17, 15) is 0 Å². The van der Waals surface area contributed by atoms with Crippen LogP contribution in [0.4, 0.5) is 0 Å². The second-order valence-electron chi connectivity index (χ2n) is 4.87. The van der Waals surface area contributed by atoms with Crippen LogP contribution in [0.3, 0.4) is 0 Å². The summed E-state index contributed by atoms with van der Waals surface area (Å²) in [7, 11) is 1.69. The van der Waals surface area contributed by atoms with Crippen LogP contribution in [0.2, 0.25) is 5.02 Å². The third-order valence-electron chi connectivity index (χ3n) is 3.21. The van der Waals surface area contributed by atoms with Crippen molar-refractivity contribution in [1.82, 2.24) is 4.90 Å². The monoisotopic (exact) mass is 347 g/mol. The molecule has 1 fully saturated rings. The van der Waals surface area contributed by atoms with Crippen LogP contribution in [-0.4, -0.2) is 42.6 Å². The minimum atomic E-state index is 0.244. The van der Waals surface area contributed by atoms with Gasteiger partial charge >= 0.3 is 0 Å². The molecular weight excluding hydrogens is 330 g/mol. The number of rotatable bonds is 4. The Hall–Kier alpha value is -0.290. The fourth-order valence-electron chi connectivity index (χ4n) is 2.47. The van der Waals surface area contributed by atoms with Crippen molar-refractivity contribution in [1.29, 1.82) is 0 Å². The van der Waals surface area contributed by atoms with E-state index in [0.717, 1.165) is 41.3 Å². The zero-order valence-electron chi connectivity index (χ0n) is 11.2. The van der Waals surface area contributed by atoms with Crippen molar-refractivity contribution in [3.05, 3.63) is 28.8 Å². The molecule has 1 aliphatic heterocycles. The molecule has 0 N–H and O–H groups in total. The van der Waals surface area contributed by atoms with Crippen LogP contribution in [-0.2, 0) is 11.3 Å². The fourth-order valence-corrected chi connectivity index (χ4v) is 3.02. The molecule has 19 heavy (non-hydrogen) atoms. The normalized spacial score (nSPS) is 24.4. The van der Waals surface area contributed by atoms with Crippen LogP contribution < -0.4 is 4.74 Å². The number of morpholine rings is 1. The van der Waals surface area contributed by atoms with E-state index < -0.39 is 0 Å². The summed E-state index contributed by atoms with van der Waals surface area (Å²) in [6.07, 6.45) is 0.496. The molecule has 2 unspecified atom stereocenters. The Labute approximate surface area is 128 Å². The van der Waals surface area contributed by atoms with Gasteiger partial charge in [-0.1, -0.05) is 27.5 Å². The van der Waals surface area contributed by atoms with E-state index in [1.807, 2.05) is 18.2 Å². The minimum Gasteiger partial charge on any atom is -0.496 e. The predicted octanol–water partition coefficient (Wildman–Crippen LogP) is 3.33. The number of hydrogen-bond donors (Lipinski definition) is 0. The quantitative estimate of drug-likeness (QED) is 0.779. The number of benzene rings is 1. The first kappa shape index (κ1) is 15.1. The summed E-state index contributed by atoms with van der Waals surface area (Å²) < 4.78 is 11.2. The van der Waals surface area contributed by atoms with E-state index in [2.05, 4.69) is 27.8 Å². The van der Waals surface area contributed by atoms with Crippen LogP contribution in [0.5, 0.6) is 5.75 Å². The van der Waals surface area contributed by atoms with Crippen molar-refractivity contribution in [2.45, 2.75) is 25.7 Å². The van der Waals surface area contributed by atoms with Crippen molar-refractivity contribution >= 4 is 27.5 Å². The van der Waals surface area contributed by atoms with Crippen LogP contribution >= 0.6 is 27.5 Å². The standard InChI is InChI=1S/C14H19BrClNO2/c1-10-7-17(9-13(6-15)19-10)8-11-5-12(16)3-4-14(11)18-2/h3-5,10,13H,6-9H2,1-2H3. The fraction of sp³-hybridized carbons (Fsp3) is 0.571. The second kappa shape index (κ2) is 6.93. The molecule has 1 aliphatic rings. The average Bonchev–Trinajstić information content (AvgIpc) is 2.38. The Morgan fingerprint density at radius 3 is 2.95 bits per heavy atom. The zero-order chi connectivity index (χ0) is 13.8. The minimum absolute atomic E-state index is 0.244. The third-order valence-corrected chi connectivity index (χ3v) is 4.17. The van der Waals surface area contributed by atoms with Gasteiger partial charge in [0.1, 0.15) is 5.75 Å². The van der Waals surface area contributed by atoms with E-state index >= 15 is 0 Å². The number of ether oxygens (including phenoxy) is 2. The molecule has 5 heteroatoms.